The van der Waals surface area contributed by atoms with Gasteiger partial charge in [0, 0.05) is 37.1 Å². The fourth-order valence-corrected chi connectivity index (χ4v) is 1.84. The van der Waals surface area contributed by atoms with E-state index in [9.17, 15) is 14.9 Å². The van der Waals surface area contributed by atoms with Crippen LogP contribution in [0.3, 0.4) is 0 Å². The third-order valence-electron chi connectivity index (χ3n) is 2.95. The van der Waals surface area contributed by atoms with Crippen molar-refractivity contribution in [3.8, 4) is 0 Å². The molecule has 0 saturated carbocycles. The van der Waals surface area contributed by atoms with Gasteiger partial charge in [-0.05, 0) is 25.8 Å². The van der Waals surface area contributed by atoms with Gasteiger partial charge in [-0.15, -0.1) is 0 Å². The molecular weight excluding hydrogens is 276 g/mol. The molecule has 0 aliphatic carbocycles. The zero-order valence-electron chi connectivity index (χ0n) is 12.2. The fourth-order valence-electron chi connectivity index (χ4n) is 1.84. The topological polar surface area (TPSA) is 102 Å². The first-order chi connectivity index (χ1) is 9.97. The lowest BCUT2D eigenvalue weighted by atomic mass is 10.1. The Morgan fingerprint density at radius 3 is 2.71 bits per heavy atom. The normalized spacial score (nSPS) is 10.4. The average Bonchev–Trinajstić information content (AvgIpc) is 2.43. The summed E-state index contributed by atoms with van der Waals surface area (Å²) in [5.74, 6) is -1.19. The summed E-state index contributed by atoms with van der Waals surface area (Å²) in [5, 5.41) is 23.0. The van der Waals surface area contributed by atoms with E-state index < -0.39 is 10.9 Å². The smallest absolute Gasteiger partial charge is 0.336 e. The van der Waals surface area contributed by atoms with Gasteiger partial charge in [-0.2, -0.15) is 0 Å². The van der Waals surface area contributed by atoms with Gasteiger partial charge in [-0.25, -0.2) is 4.79 Å². The molecule has 0 unspecified atom stereocenters. The molecule has 116 valence electrons. The van der Waals surface area contributed by atoms with E-state index in [0.717, 1.165) is 18.9 Å². The van der Waals surface area contributed by atoms with E-state index in [1.54, 1.807) is 6.92 Å². The molecule has 0 heterocycles. The third-order valence-corrected chi connectivity index (χ3v) is 2.95. The highest BCUT2D eigenvalue weighted by Crippen LogP contribution is 2.27. The molecule has 1 rings (SSSR count). The average molecular weight is 296 g/mol. The Labute approximate surface area is 123 Å². The monoisotopic (exact) mass is 296 g/mol. The lowest BCUT2D eigenvalue weighted by Crippen LogP contribution is -2.09. The Balaban J connectivity index is 2.76. The first kappa shape index (κ1) is 16.9. The van der Waals surface area contributed by atoms with E-state index in [0.29, 0.717) is 31.0 Å². The van der Waals surface area contributed by atoms with Crippen LogP contribution in [0.15, 0.2) is 12.1 Å². The van der Waals surface area contributed by atoms with Crippen LogP contribution in [0.2, 0.25) is 0 Å². The van der Waals surface area contributed by atoms with Crippen LogP contribution in [0.1, 0.15) is 35.7 Å². The molecule has 1 aromatic carbocycles. The van der Waals surface area contributed by atoms with Crippen molar-refractivity contribution >= 4 is 17.3 Å². The maximum atomic E-state index is 11.0. The number of nitro groups is 1. The first-order valence-corrected chi connectivity index (χ1v) is 6.81. The van der Waals surface area contributed by atoms with Crippen LogP contribution in [-0.4, -0.2) is 35.8 Å². The minimum absolute atomic E-state index is 0.1000. The molecule has 2 N–H and O–H groups in total. The summed E-state index contributed by atoms with van der Waals surface area (Å²) in [6.07, 6.45) is 1.70. The van der Waals surface area contributed by atoms with Crippen molar-refractivity contribution in [2.24, 2.45) is 0 Å². The van der Waals surface area contributed by atoms with Gasteiger partial charge in [0.25, 0.3) is 5.69 Å². The molecule has 0 fully saturated rings. The summed E-state index contributed by atoms with van der Waals surface area (Å²) in [4.78, 5) is 21.4. The summed E-state index contributed by atoms with van der Waals surface area (Å²) in [6.45, 7) is 5.49. The van der Waals surface area contributed by atoms with Gasteiger partial charge < -0.3 is 15.2 Å². The first-order valence-electron chi connectivity index (χ1n) is 6.81. The van der Waals surface area contributed by atoms with Gasteiger partial charge in [0.2, 0.25) is 0 Å². The van der Waals surface area contributed by atoms with Crippen molar-refractivity contribution in [2.75, 3.05) is 25.1 Å². The van der Waals surface area contributed by atoms with Crippen molar-refractivity contribution < 1.29 is 19.6 Å². The number of nitrogens with one attached hydrogen (secondary N) is 1. The van der Waals surface area contributed by atoms with E-state index >= 15 is 0 Å². The molecule has 0 aliphatic rings. The molecule has 0 saturated heterocycles. The number of aromatic carboxylic acids is 1. The van der Waals surface area contributed by atoms with Gasteiger partial charge in [-0.1, -0.05) is 6.92 Å². The molecule has 0 spiro atoms. The predicted octanol–water partition coefficient (Wildman–Crippen LogP) is 2.83. The molecule has 7 heteroatoms. The van der Waals surface area contributed by atoms with Crippen LogP contribution < -0.4 is 5.32 Å². The third kappa shape index (κ3) is 5.03. The largest absolute Gasteiger partial charge is 0.478 e. The van der Waals surface area contributed by atoms with E-state index in [4.69, 9.17) is 9.84 Å². The summed E-state index contributed by atoms with van der Waals surface area (Å²) >= 11 is 0. The summed E-state index contributed by atoms with van der Waals surface area (Å²) < 4.78 is 5.33. The summed E-state index contributed by atoms with van der Waals surface area (Å²) in [5.41, 5.74) is 0.605. The Morgan fingerprint density at radius 2 is 2.14 bits per heavy atom. The lowest BCUT2D eigenvalue weighted by Gasteiger charge is -2.11. The van der Waals surface area contributed by atoms with Gasteiger partial charge in [0.1, 0.15) is 0 Å². The number of carboxylic acid groups (broad SMARTS) is 1. The van der Waals surface area contributed by atoms with Gasteiger partial charge in [0.05, 0.1) is 10.5 Å². The number of benzene rings is 1. The van der Waals surface area contributed by atoms with Crippen molar-refractivity contribution in [3.63, 3.8) is 0 Å². The number of rotatable bonds is 9. The van der Waals surface area contributed by atoms with Crippen LogP contribution in [0.25, 0.3) is 0 Å². The molecule has 0 amide bonds. The maximum absolute atomic E-state index is 11.0. The van der Waals surface area contributed by atoms with Gasteiger partial charge >= 0.3 is 5.97 Å². The molecular formula is C14H20N2O5. The molecule has 0 atom stereocenters. The number of hydrogen-bond acceptors (Lipinski definition) is 5. The molecule has 0 aliphatic heterocycles. The fraction of sp³-hybridized carbons (Fsp3) is 0.500. The molecule has 0 aromatic heterocycles. The molecule has 1 aromatic rings. The standard InChI is InChI=1S/C14H20N2O5/c1-3-6-21-7-4-5-15-12-8-11(14(17)18)9-13(10(12)2)16(19)20/h8-9,15H,3-7H2,1-2H3,(H,17,18). The van der Waals surface area contributed by atoms with Crippen LogP contribution in [-0.2, 0) is 4.74 Å². The lowest BCUT2D eigenvalue weighted by molar-refractivity contribution is -0.385. The van der Waals surface area contributed by atoms with Crippen LogP contribution in [0.4, 0.5) is 11.4 Å². The zero-order valence-corrected chi connectivity index (χ0v) is 12.2. The number of hydrogen-bond donors (Lipinski definition) is 2. The molecule has 0 bridgehead atoms. The van der Waals surface area contributed by atoms with Crippen LogP contribution in [0, 0.1) is 17.0 Å². The molecule has 7 nitrogen and oxygen atoms in total. The Kier molecular flexibility index (Phi) is 6.61. The van der Waals surface area contributed by atoms with Crippen molar-refractivity contribution in [1.29, 1.82) is 0 Å². The van der Waals surface area contributed by atoms with E-state index in [1.807, 2.05) is 6.92 Å². The maximum Gasteiger partial charge on any atom is 0.336 e. The van der Waals surface area contributed by atoms with Crippen molar-refractivity contribution in [3.05, 3.63) is 33.4 Å². The summed E-state index contributed by atoms with van der Waals surface area (Å²) in [7, 11) is 0. The zero-order chi connectivity index (χ0) is 15.8. The minimum atomic E-state index is -1.19. The number of nitrogens with zero attached hydrogens (tertiary/aromatic N) is 1. The number of anilines is 1. The highest BCUT2D eigenvalue weighted by atomic mass is 16.6. The quantitative estimate of drug-likeness (QED) is 0.413. The second-order valence-electron chi connectivity index (χ2n) is 4.62. The molecule has 0 radical (unpaired) electrons. The highest BCUT2D eigenvalue weighted by Gasteiger charge is 2.18. The highest BCUT2D eigenvalue weighted by molar-refractivity contribution is 5.90. The van der Waals surface area contributed by atoms with Crippen molar-refractivity contribution in [2.45, 2.75) is 26.7 Å². The van der Waals surface area contributed by atoms with Crippen LogP contribution in [0.5, 0.6) is 0 Å². The summed E-state index contributed by atoms with van der Waals surface area (Å²) in [6, 6.07) is 2.49. The van der Waals surface area contributed by atoms with Crippen LogP contribution >= 0.6 is 0 Å². The number of carboxylic acids is 1. The second kappa shape index (κ2) is 8.21. The Hall–Kier alpha value is -2.15. The second-order valence-corrected chi connectivity index (χ2v) is 4.62. The number of ether oxygens (including phenoxy) is 1. The van der Waals surface area contributed by atoms with Gasteiger partial charge in [-0.3, -0.25) is 10.1 Å². The number of nitro benzene ring substituents is 1. The van der Waals surface area contributed by atoms with Crippen molar-refractivity contribution in [1.82, 2.24) is 0 Å². The van der Waals surface area contributed by atoms with E-state index in [-0.39, 0.29) is 11.3 Å². The van der Waals surface area contributed by atoms with E-state index in [2.05, 4.69) is 5.32 Å². The Morgan fingerprint density at radius 1 is 1.43 bits per heavy atom. The minimum Gasteiger partial charge on any atom is -0.478 e. The molecule has 21 heavy (non-hydrogen) atoms. The predicted molar refractivity (Wildman–Crippen MR) is 79.0 cm³/mol. The number of carbonyl (C=O) groups is 1. The van der Waals surface area contributed by atoms with E-state index in [1.165, 1.54) is 6.07 Å². The SMILES string of the molecule is CCCOCCCNc1cc(C(=O)O)cc([N+](=O)[O-])c1C. The van der Waals surface area contributed by atoms with Gasteiger partial charge in [0.15, 0.2) is 0 Å². The Bertz CT molecular complexity index is 516.